The normalized spacial score (nSPS) is 11.8. The smallest absolute Gasteiger partial charge is 0.136 e. The van der Waals surface area contributed by atoms with Gasteiger partial charge in [-0.05, 0) is 104 Å². The first kappa shape index (κ1) is 30.0. The number of furan rings is 1. The average molecular weight is 694 g/mol. The highest BCUT2D eigenvalue weighted by Crippen LogP contribution is 2.47. The summed E-state index contributed by atoms with van der Waals surface area (Å²) in [5.41, 5.74) is 9.83. The molecular weight excluding hydrogens is 663 g/mol. The third-order valence-electron chi connectivity index (χ3n) is 10.6. The largest absolute Gasteiger partial charge is 0.456 e. The van der Waals surface area contributed by atoms with Crippen LogP contribution in [-0.4, -0.2) is 0 Å². The van der Waals surface area contributed by atoms with Crippen LogP contribution in [-0.2, 0) is 0 Å². The summed E-state index contributed by atoms with van der Waals surface area (Å²) in [6, 6.07) is 68.0. The molecule has 0 atom stereocenters. The van der Waals surface area contributed by atoms with E-state index in [0.717, 1.165) is 44.6 Å². The minimum absolute atomic E-state index is 0.876. The van der Waals surface area contributed by atoms with Gasteiger partial charge < -0.3 is 9.32 Å². The van der Waals surface area contributed by atoms with Gasteiger partial charge in [0.15, 0.2) is 0 Å². The van der Waals surface area contributed by atoms with Gasteiger partial charge in [-0.15, -0.1) is 11.3 Å². The van der Waals surface area contributed by atoms with Crippen molar-refractivity contribution in [2.24, 2.45) is 0 Å². The molecule has 0 radical (unpaired) electrons. The Morgan fingerprint density at radius 1 is 0.377 bits per heavy atom. The van der Waals surface area contributed by atoms with Crippen LogP contribution in [0.25, 0.3) is 85.9 Å². The summed E-state index contributed by atoms with van der Waals surface area (Å²) in [7, 11) is 0. The molecule has 0 aliphatic carbocycles. The first-order valence-corrected chi connectivity index (χ1v) is 18.8. The number of nitrogens with zero attached hydrogens (tertiary/aromatic N) is 1. The zero-order valence-corrected chi connectivity index (χ0v) is 29.5. The number of benzene rings is 9. The molecule has 0 unspecified atom stereocenters. The molecule has 0 spiro atoms. The highest BCUT2D eigenvalue weighted by molar-refractivity contribution is 7.26. The van der Waals surface area contributed by atoms with Crippen LogP contribution < -0.4 is 4.90 Å². The Kier molecular flexibility index (Phi) is 6.76. The molecule has 0 aliphatic heterocycles. The van der Waals surface area contributed by atoms with Crippen LogP contribution in [0.15, 0.2) is 192 Å². The van der Waals surface area contributed by atoms with Crippen molar-refractivity contribution in [1.82, 2.24) is 0 Å². The fourth-order valence-electron chi connectivity index (χ4n) is 8.18. The summed E-state index contributed by atoms with van der Waals surface area (Å²) >= 11 is 1.85. The van der Waals surface area contributed by atoms with Gasteiger partial charge in [-0.1, -0.05) is 127 Å². The molecule has 2 aromatic heterocycles. The lowest BCUT2D eigenvalue weighted by Gasteiger charge is -2.27. The van der Waals surface area contributed by atoms with Crippen LogP contribution in [0.5, 0.6) is 0 Å². The second-order valence-electron chi connectivity index (χ2n) is 13.7. The number of rotatable bonds is 5. The van der Waals surface area contributed by atoms with Crippen LogP contribution in [0.1, 0.15) is 0 Å². The molecule has 2 heterocycles. The fraction of sp³-hybridized carbons (Fsp3) is 0. The highest BCUT2D eigenvalue weighted by atomic mass is 32.1. The number of anilines is 3. The van der Waals surface area contributed by atoms with Crippen LogP contribution >= 0.6 is 11.3 Å². The molecule has 2 nitrogen and oxygen atoms in total. The topological polar surface area (TPSA) is 16.4 Å². The predicted molar refractivity (Wildman–Crippen MR) is 227 cm³/mol. The molecule has 11 rings (SSSR count). The van der Waals surface area contributed by atoms with Crippen molar-refractivity contribution in [3.63, 3.8) is 0 Å². The number of hydrogen-bond donors (Lipinski definition) is 0. The lowest BCUT2D eigenvalue weighted by molar-refractivity contribution is 0.669. The maximum absolute atomic E-state index is 6.57. The molecule has 11 aromatic rings. The molecule has 0 N–H and O–H groups in total. The van der Waals surface area contributed by atoms with E-state index in [2.05, 4.69) is 193 Å². The summed E-state index contributed by atoms with van der Waals surface area (Å²) < 4.78 is 9.13. The molecule has 248 valence electrons. The molecule has 0 bridgehead atoms. The minimum atomic E-state index is 0.876. The van der Waals surface area contributed by atoms with Gasteiger partial charge in [0.05, 0.1) is 5.69 Å². The molecule has 9 aromatic carbocycles. The fourth-order valence-corrected chi connectivity index (χ4v) is 9.30. The second kappa shape index (κ2) is 11.9. The third kappa shape index (κ3) is 4.86. The monoisotopic (exact) mass is 693 g/mol. The number of fused-ring (bicyclic) bond motifs is 9. The summed E-state index contributed by atoms with van der Waals surface area (Å²) in [5.74, 6) is 0. The Morgan fingerprint density at radius 2 is 1.08 bits per heavy atom. The minimum Gasteiger partial charge on any atom is -0.456 e. The molecule has 0 aliphatic rings. The van der Waals surface area contributed by atoms with Gasteiger partial charge in [-0.25, -0.2) is 0 Å². The van der Waals surface area contributed by atoms with E-state index in [1.807, 2.05) is 11.3 Å². The Balaban J connectivity index is 1.13. The van der Waals surface area contributed by atoms with E-state index in [-0.39, 0.29) is 0 Å². The molecular formula is C50H31NOS. The third-order valence-corrected chi connectivity index (χ3v) is 11.8. The van der Waals surface area contributed by atoms with Crippen molar-refractivity contribution >= 4 is 92.1 Å². The Morgan fingerprint density at radius 3 is 1.98 bits per heavy atom. The van der Waals surface area contributed by atoms with Gasteiger partial charge in [-0.3, -0.25) is 0 Å². The number of thiophene rings is 1. The van der Waals surface area contributed by atoms with Crippen LogP contribution in [0.2, 0.25) is 0 Å². The van der Waals surface area contributed by atoms with E-state index < -0.39 is 0 Å². The van der Waals surface area contributed by atoms with Crippen molar-refractivity contribution in [1.29, 1.82) is 0 Å². The summed E-state index contributed by atoms with van der Waals surface area (Å²) in [4.78, 5) is 2.41. The van der Waals surface area contributed by atoms with Gasteiger partial charge in [0.2, 0.25) is 0 Å². The maximum Gasteiger partial charge on any atom is 0.136 e. The van der Waals surface area contributed by atoms with Gasteiger partial charge in [0.1, 0.15) is 11.2 Å². The maximum atomic E-state index is 6.57. The summed E-state index contributed by atoms with van der Waals surface area (Å²) in [5, 5.41) is 9.79. The van der Waals surface area contributed by atoms with Crippen molar-refractivity contribution in [2.45, 2.75) is 0 Å². The van der Waals surface area contributed by atoms with E-state index in [4.69, 9.17) is 4.42 Å². The van der Waals surface area contributed by atoms with Crippen molar-refractivity contribution in [2.75, 3.05) is 4.90 Å². The molecule has 53 heavy (non-hydrogen) atoms. The Labute approximate surface area is 310 Å². The first-order valence-electron chi connectivity index (χ1n) is 18.0. The van der Waals surface area contributed by atoms with Gasteiger partial charge >= 0.3 is 0 Å². The molecule has 0 fully saturated rings. The van der Waals surface area contributed by atoms with Crippen molar-refractivity contribution < 1.29 is 4.42 Å². The van der Waals surface area contributed by atoms with E-state index in [1.54, 1.807) is 0 Å². The van der Waals surface area contributed by atoms with Crippen molar-refractivity contribution in [3.8, 4) is 22.3 Å². The van der Waals surface area contributed by atoms with Crippen LogP contribution in [0.4, 0.5) is 17.1 Å². The second-order valence-corrected chi connectivity index (χ2v) is 14.8. The van der Waals surface area contributed by atoms with Gasteiger partial charge in [0.25, 0.3) is 0 Å². The van der Waals surface area contributed by atoms with E-state index in [1.165, 1.54) is 58.4 Å². The molecule has 0 amide bonds. The van der Waals surface area contributed by atoms with E-state index >= 15 is 0 Å². The van der Waals surface area contributed by atoms with Gasteiger partial charge in [-0.2, -0.15) is 0 Å². The Hall–Kier alpha value is -6.68. The number of hydrogen-bond acceptors (Lipinski definition) is 3. The van der Waals surface area contributed by atoms with E-state index in [9.17, 15) is 0 Å². The Bertz CT molecular complexity index is 3170. The first-order chi connectivity index (χ1) is 26.3. The molecule has 0 saturated carbocycles. The lowest BCUT2D eigenvalue weighted by Crippen LogP contribution is -2.10. The standard InChI is InChI=1S/C50H31NOS/c1-2-10-32(11-3-1)33-22-25-37(26-23-33)51(44-16-9-19-48-50(44)42-14-6-7-18-47(42)53-48)38-27-29-45-43(31-38)49-41(15-8-17-46(49)52-45)36-24-28-40-35(30-36)21-20-34-12-4-5-13-39(34)40/h1-31H. The summed E-state index contributed by atoms with van der Waals surface area (Å²) in [6.07, 6.45) is 0. The zero-order valence-electron chi connectivity index (χ0n) is 28.7. The van der Waals surface area contributed by atoms with Gasteiger partial charge in [0, 0.05) is 42.3 Å². The summed E-state index contributed by atoms with van der Waals surface area (Å²) in [6.45, 7) is 0. The highest BCUT2D eigenvalue weighted by Gasteiger charge is 2.21. The van der Waals surface area contributed by atoms with Crippen LogP contribution in [0, 0.1) is 0 Å². The quantitative estimate of drug-likeness (QED) is 0.167. The lowest BCUT2D eigenvalue weighted by atomic mass is 9.95. The predicted octanol–water partition coefficient (Wildman–Crippen LogP) is 15.1. The molecule has 3 heteroatoms. The zero-order chi connectivity index (χ0) is 34.9. The molecule has 0 saturated heterocycles. The average Bonchev–Trinajstić information content (AvgIpc) is 3.80. The van der Waals surface area contributed by atoms with Crippen molar-refractivity contribution in [3.05, 3.63) is 188 Å². The van der Waals surface area contributed by atoms with E-state index in [0.29, 0.717) is 0 Å². The SMILES string of the molecule is c1ccc(-c2ccc(N(c3ccc4oc5cccc(-c6ccc7c(ccc8ccccc87)c6)c5c4c3)c3cccc4sc5ccccc5c34)cc2)cc1. The van der Waals surface area contributed by atoms with Crippen LogP contribution in [0.3, 0.4) is 0 Å².